The van der Waals surface area contributed by atoms with Gasteiger partial charge < -0.3 is 14.8 Å². The van der Waals surface area contributed by atoms with E-state index in [1.807, 2.05) is 37.3 Å². The van der Waals surface area contributed by atoms with E-state index >= 15 is 0 Å². The molecule has 29 heavy (non-hydrogen) atoms. The fourth-order valence-electron chi connectivity index (χ4n) is 3.92. The highest BCUT2D eigenvalue weighted by Crippen LogP contribution is 2.27. The molecule has 2 atom stereocenters. The van der Waals surface area contributed by atoms with Gasteiger partial charge in [-0.2, -0.15) is 0 Å². The number of amides is 1. The number of benzene rings is 2. The van der Waals surface area contributed by atoms with Crippen LogP contribution in [0.2, 0.25) is 0 Å². The second-order valence-electron chi connectivity index (χ2n) is 8.36. The fraction of sp³-hybridized carbons (Fsp3) is 0.480. The number of hydrogen-bond donors (Lipinski definition) is 1. The number of carbonyl (C=O) groups is 1. The normalized spacial score (nSPS) is 15.3. The largest absolute Gasteiger partial charge is 0.497 e. The van der Waals surface area contributed by atoms with Crippen LogP contribution in [-0.2, 0) is 17.6 Å². The third kappa shape index (κ3) is 5.75. The molecule has 4 nitrogen and oxygen atoms in total. The van der Waals surface area contributed by atoms with Gasteiger partial charge in [-0.15, -0.1) is 0 Å². The van der Waals surface area contributed by atoms with Gasteiger partial charge in [-0.1, -0.05) is 32.0 Å². The molecule has 0 bridgehead atoms. The molecule has 0 saturated carbocycles. The Kier molecular flexibility index (Phi) is 7.18. The molecule has 2 aromatic rings. The quantitative estimate of drug-likeness (QED) is 0.664. The predicted octanol–water partition coefficient (Wildman–Crippen LogP) is 5.24. The van der Waals surface area contributed by atoms with Crippen molar-refractivity contribution in [2.24, 2.45) is 5.92 Å². The summed E-state index contributed by atoms with van der Waals surface area (Å²) in [4.78, 5) is 12.9. The van der Waals surface area contributed by atoms with Crippen LogP contribution in [0.25, 0.3) is 0 Å². The average molecular weight is 396 g/mol. The summed E-state index contributed by atoms with van der Waals surface area (Å²) in [7, 11) is 1.65. The Labute approximate surface area is 174 Å². The summed E-state index contributed by atoms with van der Waals surface area (Å²) in [5.74, 6) is 1.95. The molecule has 0 heterocycles. The summed E-state index contributed by atoms with van der Waals surface area (Å²) in [5, 5.41) is 3.18. The smallest absolute Gasteiger partial charge is 0.261 e. The Morgan fingerprint density at radius 2 is 1.62 bits per heavy atom. The van der Waals surface area contributed by atoms with E-state index in [0.29, 0.717) is 5.92 Å². The van der Waals surface area contributed by atoms with Crippen LogP contribution in [0.15, 0.2) is 42.5 Å². The van der Waals surface area contributed by atoms with E-state index in [1.165, 1.54) is 24.0 Å². The van der Waals surface area contributed by atoms with Crippen molar-refractivity contribution in [2.45, 2.75) is 65.0 Å². The minimum atomic E-state index is -0.551. The van der Waals surface area contributed by atoms with E-state index in [4.69, 9.17) is 9.47 Å². The summed E-state index contributed by atoms with van der Waals surface area (Å²) in [6.07, 6.45) is 5.04. The molecule has 0 fully saturated rings. The van der Waals surface area contributed by atoms with Crippen LogP contribution in [0.3, 0.4) is 0 Å². The van der Waals surface area contributed by atoms with Crippen molar-refractivity contribution in [3.63, 3.8) is 0 Å². The number of rotatable bonds is 8. The van der Waals surface area contributed by atoms with E-state index in [-0.39, 0.29) is 11.9 Å². The topological polar surface area (TPSA) is 47.6 Å². The molecule has 1 aliphatic rings. The van der Waals surface area contributed by atoms with Crippen molar-refractivity contribution in [3.05, 3.63) is 59.2 Å². The van der Waals surface area contributed by atoms with Crippen LogP contribution in [-0.4, -0.2) is 19.1 Å². The van der Waals surface area contributed by atoms with Crippen molar-refractivity contribution in [3.8, 4) is 11.5 Å². The standard InChI is InChI=1S/C25H33NO3/c1-17(2)15-24(20-10-12-22(28-4)13-11-20)26-25(27)18(3)29-23-14-9-19-7-5-6-8-21(19)16-23/h9-14,16-18,24H,5-8,15H2,1-4H3,(H,26,27). The first kappa shape index (κ1) is 21.2. The second-order valence-corrected chi connectivity index (χ2v) is 8.36. The van der Waals surface area contributed by atoms with Crippen LogP contribution < -0.4 is 14.8 Å². The fourth-order valence-corrected chi connectivity index (χ4v) is 3.92. The van der Waals surface area contributed by atoms with E-state index < -0.39 is 6.10 Å². The van der Waals surface area contributed by atoms with Gasteiger partial charge in [-0.3, -0.25) is 4.79 Å². The van der Waals surface area contributed by atoms with Crippen LogP contribution >= 0.6 is 0 Å². The number of methoxy groups -OCH3 is 1. The molecule has 1 aliphatic carbocycles. The molecule has 2 unspecified atom stereocenters. The molecule has 0 saturated heterocycles. The van der Waals surface area contributed by atoms with E-state index in [2.05, 4.69) is 31.3 Å². The SMILES string of the molecule is COc1ccc(C(CC(C)C)NC(=O)C(C)Oc2ccc3c(c2)CCCC3)cc1. The molecule has 156 valence electrons. The molecular weight excluding hydrogens is 362 g/mol. The highest BCUT2D eigenvalue weighted by atomic mass is 16.5. The van der Waals surface area contributed by atoms with Crippen molar-refractivity contribution in [1.82, 2.24) is 5.32 Å². The van der Waals surface area contributed by atoms with E-state index in [9.17, 15) is 4.79 Å². The maximum atomic E-state index is 12.9. The van der Waals surface area contributed by atoms with Crippen LogP contribution in [0, 0.1) is 5.92 Å². The number of aryl methyl sites for hydroxylation is 2. The van der Waals surface area contributed by atoms with Gasteiger partial charge >= 0.3 is 0 Å². The van der Waals surface area contributed by atoms with Gasteiger partial charge in [0.2, 0.25) is 0 Å². The van der Waals surface area contributed by atoms with Gasteiger partial charge in [0.05, 0.1) is 13.2 Å². The Morgan fingerprint density at radius 1 is 0.966 bits per heavy atom. The molecule has 0 spiro atoms. The number of ether oxygens (including phenoxy) is 2. The lowest BCUT2D eigenvalue weighted by Gasteiger charge is -2.24. The molecule has 2 aromatic carbocycles. The maximum Gasteiger partial charge on any atom is 0.261 e. The lowest BCUT2D eigenvalue weighted by molar-refractivity contribution is -0.128. The highest BCUT2D eigenvalue weighted by Gasteiger charge is 2.22. The third-order valence-electron chi connectivity index (χ3n) is 5.54. The molecule has 0 aliphatic heterocycles. The molecule has 0 radical (unpaired) electrons. The van der Waals surface area contributed by atoms with Crippen molar-refractivity contribution in [2.75, 3.05) is 7.11 Å². The zero-order valence-corrected chi connectivity index (χ0v) is 18.0. The average Bonchev–Trinajstić information content (AvgIpc) is 2.73. The zero-order valence-electron chi connectivity index (χ0n) is 18.0. The summed E-state index contributed by atoms with van der Waals surface area (Å²) in [6.45, 7) is 6.14. The van der Waals surface area contributed by atoms with Crippen molar-refractivity contribution in [1.29, 1.82) is 0 Å². The van der Waals surface area contributed by atoms with E-state index in [1.54, 1.807) is 7.11 Å². The predicted molar refractivity (Wildman–Crippen MR) is 117 cm³/mol. The lowest BCUT2D eigenvalue weighted by Crippen LogP contribution is -2.39. The second kappa shape index (κ2) is 9.82. The van der Waals surface area contributed by atoms with Gasteiger partial charge in [0.25, 0.3) is 5.91 Å². The number of nitrogens with one attached hydrogen (secondary N) is 1. The first-order valence-electron chi connectivity index (χ1n) is 10.7. The minimum Gasteiger partial charge on any atom is -0.497 e. The number of carbonyl (C=O) groups excluding carboxylic acids is 1. The van der Waals surface area contributed by atoms with Crippen LogP contribution in [0.5, 0.6) is 11.5 Å². The molecular formula is C25H33NO3. The molecule has 0 aromatic heterocycles. The summed E-state index contributed by atoms with van der Waals surface area (Å²) in [5.41, 5.74) is 3.85. The summed E-state index contributed by atoms with van der Waals surface area (Å²) in [6, 6.07) is 14.1. The zero-order chi connectivity index (χ0) is 20.8. The highest BCUT2D eigenvalue weighted by molar-refractivity contribution is 5.81. The Hall–Kier alpha value is -2.49. The van der Waals surface area contributed by atoms with Gasteiger partial charge in [0, 0.05) is 0 Å². The number of fused-ring (bicyclic) bond motifs is 1. The Balaban J connectivity index is 1.66. The first-order valence-corrected chi connectivity index (χ1v) is 10.7. The third-order valence-corrected chi connectivity index (χ3v) is 5.54. The number of hydrogen-bond acceptors (Lipinski definition) is 3. The van der Waals surface area contributed by atoms with E-state index in [0.717, 1.165) is 36.3 Å². The van der Waals surface area contributed by atoms with Gasteiger partial charge in [0.15, 0.2) is 6.10 Å². The summed E-state index contributed by atoms with van der Waals surface area (Å²) >= 11 is 0. The molecule has 1 amide bonds. The molecule has 4 heteroatoms. The Morgan fingerprint density at radius 3 is 2.28 bits per heavy atom. The van der Waals surface area contributed by atoms with Gasteiger partial charge in [-0.25, -0.2) is 0 Å². The van der Waals surface area contributed by atoms with Gasteiger partial charge in [0.1, 0.15) is 11.5 Å². The first-order chi connectivity index (χ1) is 14.0. The lowest BCUT2D eigenvalue weighted by atomic mass is 9.92. The Bertz CT molecular complexity index is 813. The van der Waals surface area contributed by atoms with Crippen LogP contribution in [0.4, 0.5) is 0 Å². The van der Waals surface area contributed by atoms with Crippen molar-refractivity contribution >= 4 is 5.91 Å². The summed E-state index contributed by atoms with van der Waals surface area (Å²) < 4.78 is 11.2. The monoisotopic (exact) mass is 395 g/mol. The maximum absolute atomic E-state index is 12.9. The van der Waals surface area contributed by atoms with Crippen molar-refractivity contribution < 1.29 is 14.3 Å². The molecule has 1 N–H and O–H groups in total. The van der Waals surface area contributed by atoms with Gasteiger partial charge in [-0.05, 0) is 85.9 Å². The minimum absolute atomic E-state index is 0.0528. The van der Waals surface area contributed by atoms with Crippen LogP contribution in [0.1, 0.15) is 62.8 Å². The molecule has 3 rings (SSSR count).